The molecule has 7 heteroatoms. The molecule has 0 fully saturated rings. The second-order valence-electron chi connectivity index (χ2n) is 5.72. The third-order valence-corrected chi connectivity index (χ3v) is 2.42. The molecule has 0 radical (unpaired) electrons. The number of carbonyl (C=O) groups is 2. The summed E-state index contributed by atoms with van der Waals surface area (Å²) in [7, 11) is 0. The summed E-state index contributed by atoms with van der Waals surface area (Å²) in [5, 5.41) is 7.55. The zero-order chi connectivity index (χ0) is 17.3. The van der Waals surface area contributed by atoms with Crippen LogP contribution in [0.5, 0.6) is 0 Å². The second kappa shape index (κ2) is 8.77. The summed E-state index contributed by atoms with van der Waals surface area (Å²) in [5.74, 6) is -0.343. The maximum Gasteiger partial charge on any atom is 0.407 e. The van der Waals surface area contributed by atoms with Crippen LogP contribution in [-0.2, 0) is 4.74 Å². The fraction of sp³-hybridized carbons (Fsp3) is 0.375. The Morgan fingerprint density at radius 1 is 1.22 bits per heavy atom. The zero-order valence-corrected chi connectivity index (χ0v) is 13.5. The van der Waals surface area contributed by atoms with Crippen LogP contribution >= 0.6 is 0 Å². The van der Waals surface area contributed by atoms with Gasteiger partial charge < -0.3 is 20.7 Å². The van der Waals surface area contributed by atoms with Gasteiger partial charge in [0.2, 0.25) is 0 Å². The fourth-order valence-electron chi connectivity index (χ4n) is 1.53. The highest BCUT2D eigenvalue weighted by molar-refractivity contribution is 5.76. The molecule has 0 aromatic heterocycles. The van der Waals surface area contributed by atoms with Crippen molar-refractivity contribution < 1.29 is 18.7 Å². The van der Waals surface area contributed by atoms with Crippen LogP contribution in [0.1, 0.15) is 26.3 Å². The van der Waals surface area contributed by atoms with E-state index in [1.807, 2.05) is 0 Å². The van der Waals surface area contributed by atoms with Crippen molar-refractivity contribution in [2.45, 2.75) is 26.4 Å². The third kappa shape index (κ3) is 9.13. The van der Waals surface area contributed by atoms with E-state index in [1.165, 1.54) is 18.3 Å². The van der Waals surface area contributed by atoms with Crippen LogP contribution in [0.4, 0.5) is 14.0 Å². The van der Waals surface area contributed by atoms with E-state index in [1.54, 1.807) is 39.0 Å². The van der Waals surface area contributed by atoms with Crippen LogP contribution in [0.2, 0.25) is 0 Å². The number of urea groups is 1. The number of nitrogens with one attached hydrogen (secondary N) is 3. The molecule has 3 amide bonds. The standard InChI is InChI=1S/C16H22FN3O3/c1-16(2,3)23-15(22)20-10-9-19-14(21)18-8-7-12-5-4-6-13(17)11-12/h4-8,11H,9-10H2,1-3H3,(H,20,22)(H2,18,19,21)/b8-7+. The third-order valence-electron chi connectivity index (χ3n) is 2.42. The molecule has 126 valence electrons. The first kappa shape index (κ1) is 18.5. The molecule has 0 spiro atoms. The van der Waals surface area contributed by atoms with E-state index in [4.69, 9.17) is 4.74 Å². The number of carbonyl (C=O) groups excluding carboxylic acids is 2. The average molecular weight is 323 g/mol. The maximum absolute atomic E-state index is 12.9. The number of alkyl carbamates (subject to hydrolysis) is 1. The topological polar surface area (TPSA) is 79.5 Å². The van der Waals surface area contributed by atoms with Gasteiger partial charge in [-0.25, -0.2) is 14.0 Å². The zero-order valence-electron chi connectivity index (χ0n) is 13.5. The van der Waals surface area contributed by atoms with E-state index in [0.717, 1.165) is 0 Å². The minimum absolute atomic E-state index is 0.246. The van der Waals surface area contributed by atoms with Crippen molar-refractivity contribution in [3.8, 4) is 0 Å². The Morgan fingerprint density at radius 3 is 2.57 bits per heavy atom. The van der Waals surface area contributed by atoms with Crippen molar-refractivity contribution >= 4 is 18.2 Å². The van der Waals surface area contributed by atoms with Crippen molar-refractivity contribution in [2.75, 3.05) is 13.1 Å². The summed E-state index contributed by atoms with van der Waals surface area (Å²) in [6.45, 7) is 5.80. The summed E-state index contributed by atoms with van der Waals surface area (Å²) < 4.78 is 18.0. The molecule has 0 saturated heterocycles. The number of ether oxygens (including phenoxy) is 1. The number of rotatable bonds is 5. The molecule has 0 unspecified atom stereocenters. The summed E-state index contributed by atoms with van der Waals surface area (Å²) in [4.78, 5) is 22.8. The lowest BCUT2D eigenvalue weighted by atomic mass is 10.2. The Hall–Kier alpha value is -2.57. The Kier molecular flexibility index (Phi) is 7.05. The second-order valence-corrected chi connectivity index (χ2v) is 5.72. The summed E-state index contributed by atoms with van der Waals surface area (Å²) >= 11 is 0. The van der Waals surface area contributed by atoms with Gasteiger partial charge in [-0.3, -0.25) is 0 Å². The van der Waals surface area contributed by atoms with Crippen molar-refractivity contribution in [3.05, 3.63) is 41.8 Å². The predicted molar refractivity (Wildman–Crippen MR) is 86.2 cm³/mol. The van der Waals surface area contributed by atoms with Gasteiger partial charge in [-0.15, -0.1) is 0 Å². The van der Waals surface area contributed by atoms with E-state index < -0.39 is 17.7 Å². The first-order valence-electron chi connectivity index (χ1n) is 7.19. The van der Waals surface area contributed by atoms with Crippen molar-refractivity contribution in [1.29, 1.82) is 0 Å². The van der Waals surface area contributed by atoms with Crippen LogP contribution < -0.4 is 16.0 Å². The smallest absolute Gasteiger partial charge is 0.407 e. The molecule has 1 rings (SSSR count). The molecule has 0 heterocycles. The van der Waals surface area contributed by atoms with Crippen molar-refractivity contribution in [1.82, 2.24) is 16.0 Å². The van der Waals surface area contributed by atoms with Gasteiger partial charge in [0.05, 0.1) is 0 Å². The highest BCUT2D eigenvalue weighted by atomic mass is 19.1. The van der Waals surface area contributed by atoms with E-state index in [2.05, 4.69) is 16.0 Å². The van der Waals surface area contributed by atoms with Gasteiger partial charge >= 0.3 is 12.1 Å². The SMILES string of the molecule is CC(C)(C)OC(=O)NCCNC(=O)N/C=C/c1cccc(F)c1. The molecule has 0 saturated carbocycles. The Bertz CT molecular complexity index is 568. The highest BCUT2D eigenvalue weighted by Gasteiger charge is 2.15. The summed E-state index contributed by atoms with van der Waals surface area (Å²) in [5.41, 5.74) is 0.0771. The molecule has 0 aliphatic carbocycles. The van der Waals surface area contributed by atoms with Crippen LogP contribution in [0.15, 0.2) is 30.5 Å². The minimum Gasteiger partial charge on any atom is -0.444 e. The Morgan fingerprint density at radius 2 is 1.91 bits per heavy atom. The first-order chi connectivity index (χ1) is 10.8. The van der Waals surface area contributed by atoms with Crippen molar-refractivity contribution in [3.63, 3.8) is 0 Å². The van der Waals surface area contributed by atoms with Gasteiger partial charge in [-0.2, -0.15) is 0 Å². The molecule has 0 aliphatic heterocycles. The molecule has 1 aromatic carbocycles. The quantitative estimate of drug-likeness (QED) is 0.729. The number of hydrogen-bond donors (Lipinski definition) is 3. The largest absolute Gasteiger partial charge is 0.444 e. The Balaban J connectivity index is 2.19. The predicted octanol–water partition coefficient (Wildman–Crippen LogP) is 2.62. The molecule has 3 N–H and O–H groups in total. The van der Waals surface area contributed by atoms with Gasteiger partial charge in [0, 0.05) is 19.3 Å². The number of hydrogen-bond acceptors (Lipinski definition) is 3. The lowest BCUT2D eigenvalue weighted by Gasteiger charge is -2.19. The molecule has 0 bridgehead atoms. The lowest BCUT2D eigenvalue weighted by molar-refractivity contribution is 0.0528. The van der Waals surface area contributed by atoms with E-state index in [9.17, 15) is 14.0 Å². The highest BCUT2D eigenvalue weighted by Crippen LogP contribution is 2.06. The fourth-order valence-corrected chi connectivity index (χ4v) is 1.53. The van der Waals surface area contributed by atoms with Gasteiger partial charge in [-0.1, -0.05) is 12.1 Å². The summed E-state index contributed by atoms with van der Waals surface area (Å²) in [6, 6.07) is 5.56. The molecular formula is C16H22FN3O3. The van der Waals surface area contributed by atoms with Crippen LogP contribution in [0.25, 0.3) is 6.08 Å². The van der Waals surface area contributed by atoms with E-state index >= 15 is 0 Å². The van der Waals surface area contributed by atoms with E-state index in [0.29, 0.717) is 5.56 Å². The number of amides is 3. The number of halogens is 1. The Labute approximate surface area is 135 Å². The van der Waals surface area contributed by atoms with Gasteiger partial charge in [0.15, 0.2) is 0 Å². The van der Waals surface area contributed by atoms with Gasteiger partial charge in [0.1, 0.15) is 11.4 Å². The first-order valence-corrected chi connectivity index (χ1v) is 7.19. The monoisotopic (exact) mass is 323 g/mol. The van der Waals surface area contributed by atoms with Crippen LogP contribution in [-0.4, -0.2) is 30.8 Å². The van der Waals surface area contributed by atoms with Gasteiger partial charge in [-0.05, 0) is 44.5 Å². The van der Waals surface area contributed by atoms with E-state index in [-0.39, 0.29) is 18.9 Å². The number of benzene rings is 1. The minimum atomic E-state index is -0.559. The lowest BCUT2D eigenvalue weighted by Crippen LogP contribution is -2.40. The molecular weight excluding hydrogens is 301 g/mol. The van der Waals surface area contributed by atoms with Crippen LogP contribution in [0.3, 0.4) is 0 Å². The molecule has 23 heavy (non-hydrogen) atoms. The van der Waals surface area contributed by atoms with Crippen molar-refractivity contribution in [2.24, 2.45) is 0 Å². The molecule has 0 aliphatic rings. The van der Waals surface area contributed by atoms with Gasteiger partial charge in [0.25, 0.3) is 0 Å². The van der Waals surface area contributed by atoms with Crippen LogP contribution in [0, 0.1) is 5.82 Å². The average Bonchev–Trinajstić information content (AvgIpc) is 2.42. The summed E-state index contributed by atoms with van der Waals surface area (Å²) in [6.07, 6.45) is 2.44. The molecule has 0 atom stereocenters. The maximum atomic E-state index is 12.9. The molecule has 1 aromatic rings. The normalized spacial score (nSPS) is 11.1. The molecule has 6 nitrogen and oxygen atoms in total.